The van der Waals surface area contributed by atoms with Crippen LogP contribution >= 0.6 is 12.2 Å². The van der Waals surface area contributed by atoms with Gasteiger partial charge in [0.1, 0.15) is 5.75 Å². The van der Waals surface area contributed by atoms with Crippen LogP contribution in [-0.4, -0.2) is 22.9 Å². The molecule has 0 N–H and O–H groups in total. The van der Waals surface area contributed by atoms with Gasteiger partial charge in [-0.25, -0.2) is 4.39 Å². The van der Waals surface area contributed by atoms with Gasteiger partial charge in [-0.3, -0.25) is 14.9 Å². The summed E-state index contributed by atoms with van der Waals surface area (Å²) >= 11 is 5.24. The molecule has 0 amide bonds. The fraction of sp³-hybridized carbons (Fsp3) is 0.263. The van der Waals surface area contributed by atoms with E-state index in [-0.39, 0.29) is 28.7 Å². The first-order chi connectivity index (χ1) is 14.0. The third kappa shape index (κ3) is 5.09. The van der Waals surface area contributed by atoms with Gasteiger partial charge in [0.15, 0.2) is 11.6 Å². The van der Waals surface area contributed by atoms with E-state index in [1.165, 1.54) is 0 Å². The second-order valence-corrected chi connectivity index (χ2v) is 6.47. The number of thiocarbonyl (C=S) groups is 1. The average molecular weight is 445 g/mol. The Morgan fingerprint density at radius 3 is 2.40 bits per heavy atom. The van der Waals surface area contributed by atoms with E-state index in [4.69, 9.17) is 17.0 Å². The fourth-order valence-corrected chi connectivity index (χ4v) is 3.04. The Bertz CT molecular complexity index is 993. The summed E-state index contributed by atoms with van der Waals surface area (Å²) in [6.07, 6.45) is -4.52. The molecule has 2 aromatic rings. The van der Waals surface area contributed by atoms with Gasteiger partial charge in [0.2, 0.25) is 0 Å². The van der Waals surface area contributed by atoms with Gasteiger partial charge >= 0.3 is 12.1 Å². The first-order valence-corrected chi connectivity index (χ1v) is 8.85. The highest BCUT2D eigenvalue weighted by Gasteiger charge is 2.32. The number of nitrogens with zero attached hydrogens (tertiary/aromatic N) is 1. The van der Waals surface area contributed by atoms with E-state index in [0.29, 0.717) is 6.07 Å². The summed E-state index contributed by atoms with van der Waals surface area (Å²) in [6, 6.07) is 5.02. The van der Waals surface area contributed by atoms with Crippen LogP contribution in [-0.2, 0) is 15.7 Å². The zero-order valence-electron chi connectivity index (χ0n) is 15.7. The molecular weight excluding hydrogens is 430 g/mol. The number of methoxy groups -OCH3 is 1. The molecule has 0 heterocycles. The zero-order chi connectivity index (χ0) is 22.6. The number of benzene rings is 2. The molecule has 0 aliphatic rings. The largest absolute Gasteiger partial charge is 0.469 e. The highest BCUT2D eigenvalue weighted by molar-refractivity contribution is 7.81. The summed E-state index contributed by atoms with van der Waals surface area (Å²) in [6.45, 7) is 1.64. The van der Waals surface area contributed by atoms with Crippen molar-refractivity contribution in [1.82, 2.24) is 0 Å². The second kappa shape index (κ2) is 9.16. The molecule has 0 aliphatic heterocycles. The van der Waals surface area contributed by atoms with Crippen molar-refractivity contribution in [2.45, 2.75) is 19.5 Å². The predicted molar refractivity (Wildman–Crippen MR) is 102 cm³/mol. The number of ether oxygens (including phenoxy) is 2. The molecule has 0 saturated heterocycles. The molecule has 0 bridgehead atoms. The Morgan fingerprint density at radius 2 is 1.90 bits per heavy atom. The van der Waals surface area contributed by atoms with Gasteiger partial charge in [-0.2, -0.15) is 13.2 Å². The summed E-state index contributed by atoms with van der Waals surface area (Å²) in [7, 11) is 1.15. The molecule has 0 aromatic heterocycles. The van der Waals surface area contributed by atoms with E-state index in [1.807, 2.05) is 0 Å². The van der Waals surface area contributed by atoms with E-state index in [0.717, 1.165) is 31.4 Å². The average Bonchev–Trinajstić information content (AvgIpc) is 2.68. The Morgan fingerprint density at radius 1 is 1.23 bits per heavy atom. The van der Waals surface area contributed by atoms with Crippen LogP contribution in [0.25, 0.3) is 0 Å². The summed E-state index contributed by atoms with van der Waals surface area (Å²) < 4.78 is 62.0. The number of hydrogen-bond donors (Lipinski definition) is 0. The molecule has 1 unspecified atom stereocenters. The number of carbonyl (C=O) groups is 1. The summed E-state index contributed by atoms with van der Waals surface area (Å²) in [5.41, 5.74) is -1.72. The lowest BCUT2D eigenvalue weighted by molar-refractivity contribution is -0.385. The minimum atomic E-state index is -4.73. The van der Waals surface area contributed by atoms with Gasteiger partial charge in [-0.15, -0.1) is 0 Å². The molecule has 0 spiro atoms. The van der Waals surface area contributed by atoms with Crippen LogP contribution in [0.4, 0.5) is 23.2 Å². The van der Waals surface area contributed by atoms with Gasteiger partial charge in [0.05, 0.1) is 29.1 Å². The molecule has 2 rings (SSSR count). The van der Waals surface area contributed by atoms with Crippen LogP contribution in [0.15, 0.2) is 36.4 Å². The standard InChI is InChI=1S/C19H15F4NO5S/c1-3-12(18(25)28-2)17(30)13-9-11(5-6-15(13)24(26)27)29-16-7-4-10(8-14(16)20)19(21,22)23/h4-9,12H,3H2,1-2H3. The number of esters is 1. The maximum atomic E-state index is 14.0. The normalized spacial score (nSPS) is 12.2. The SMILES string of the molecule is CCC(C(=O)OC)C(=S)c1cc(Oc2ccc(C(F)(F)F)cc2F)ccc1[N+](=O)[O-]. The summed E-state index contributed by atoms with van der Waals surface area (Å²) in [5, 5.41) is 11.4. The van der Waals surface area contributed by atoms with Crippen molar-refractivity contribution < 1.29 is 36.8 Å². The number of halogens is 4. The van der Waals surface area contributed by atoms with Crippen molar-refractivity contribution in [3.63, 3.8) is 0 Å². The molecule has 0 fully saturated rings. The first kappa shape index (κ1) is 23.2. The van der Waals surface area contributed by atoms with E-state index in [1.54, 1.807) is 6.92 Å². The minimum absolute atomic E-state index is 0.0746. The van der Waals surface area contributed by atoms with Gasteiger partial charge < -0.3 is 9.47 Å². The number of nitro groups is 1. The third-order valence-electron chi connectivity index (χ3n) is 4.13. The molecule has 6 nitrogen and oxygen atoms in total. The number of alkyl halides is 3. The van der Waals surface area contributed by atoms with Crippen LogP contribution < -0.4 is 4.74 Å². The Kier molecular flexibility index (Phi) is 7.08. The van der Waals surface area contributed by atoms with Crippen LogP contribution in [0.2, 0.25) is 0 Å². The van der Waals surface area contributed by atoms with Crippen LogP contribution in [0.1, 0.15) is 24.5 Å². The van der Waals surface area contributed by atoms with E-state index < -0.39 is 45.8 Å². The maximum Gasteiger partial charge on any atom is 0.416 e. The quantitative estimate of drug-likeness (QED) is 0.141. The molecular formula is C19H15F4NO5S. The predicted octanol–water partition coefficient (Wildman–Crippen LogP) is 5.46. The Labute approximate surface area is 173 Å². The maximum absolute atomic E-state index is 14.0. The van der Waals surface area contributed by atoms with Crippen molar-refractivity contribution in [2.75, 3.05) is 7.11 Å². The third-order valence-corrected chi connectivity index (χ3v) is 4.63. The van der Waals surface area contributed by atoms with Crippen molar-refractivity contribution >= 4 is 28.7 Å². The molecule has 160 valence electrons. The van der Waals surface area contributed by atoms with Gasteiger partial charge in [0, 0.05) is 10.9 Å². The molecule has 0 aliphatic carbocycles. The molecule has 1 atom stereocenters. The van der Waals surface area contributed by atoms with Crippen LogP contribution in [0.3, 0.4) is 0 Å². The lowest BCUT2D eigenvalue weighted by Crippen LogP contribution is -2.24. The number of nitro benzene ring substituents is 1. The summed E-state index contributed by atoms with van der Waals surface area (Å²) in [4.78, 5) is 22.5. The van der Waals surface area contributed by atoms with E-state index in [2.05, 4.69) is 4.74 Å². The first-order valence-electron chi connectivity index (χ1n) is 8.44. The molecule has 11 heteroatoms. The molecule has 30 heavy (non-hydrogen) atoms. The van der Waals surface area contributed by atoms with Crippen molar-refractivity contribution in [3.8, 4) is 11.5 Å². The summed E-state index contributed by atoms with van der Waals surface area (Å²) in [5.74, 6) is -3.53. The smallest absolute Gasteiger partial charge is 0.416 e. The highest BCUT2D eigenvalue weighted by atomic mass is 32.1. The topological polar surface area (TPSA) is 78.7 Å². The minimum Gasteiger partial charge on any atom is -0.469 e. The second-order valence-electron chi connectivity index (χ2n) is 6.03. The van der Waals surface area contributed by atoms with Gasteiger partial charge in [-0.05, 0) is 36.8 Å². The van der Waals surface area contributed by atoms with Crippen LogP contribution in [0.5, 0.6) is 11.5 Å². The monoisotopic (exact) mass is 445 g/mol. The zero-order valence-corrected chi connectivity index (χ0v) is 16.5. The Hall–Kier alpha value is -3.08. The van der Waals surface area contributed by atoms with Crippen molar-refractivity contribution in [3.05, 3.63) is 63.5 Å². The van der Waals surface area contributed by atoms with Crippen molar-refractivity contribution in [1.29, 1.82) is 0 Å². The Balaban J connectivity index is 2.44. The van der Waals surface area contributed by atoms with Crippen molar-refractivity contribution in [2.24, 2.45) is 5.92 Å². The number of rotatable bonds is 7. The fourth-order valence-electron chi connectivity index (χ4n) is 2.61. The molecule has 0 radical (unpaired) electrons. The highest BCUT2D eigenvalue weighted by Crippen LogP contribution is 2.35. The number of carbonyl (C=O) groups excluding carboxylic acids is 1. The lowest BCUT2D eigenvalue weighted by atomic mass is 9.95. The molecule has 0 saturated carbocycles. The lowest BCUT2D eigenvalue weighted by Gasteiger charge is -2.15. The van der Waals surface area contributed by atoms with E-state index in [9.17, 15) is 32.5 Å². The van der Waals surface area contributed by atoms with Gasteiger partial charge in [-0.1, -0.05) is 19.1 Å². The van der Waals surface area contributed by atoms with Crippen LogP contribution in [0, 0.1) is 21.8 Å². The number of hydrogen-bond acceptors (Lipinski definition) is 6. The van der Waals surface area contributed by atoms with Gasteiger partial charge in [0.25, 0.3) is 5.69 Å². The van der Waals surface area contributed by atoms with E-state index >= 15 is 0 Å². The molecule has 2 aromatic carbocycles.